The molecule has 1 aliphatic rings. The Morgan fingerprint density at radius 3 is 2.31 bits per heavy atom. The second-order valence-corrected chi connectivity index (χ2v) is 8.19. The Hall–Kier alpha value is -3.81. The molecule has 0 saturated heterocycles. The molecule has 0 bridgehead atoms. The summed E-state index contributed by atoms with van der Waals surface area (Å²) in [5.74, 6) is -1.05. The highest BCUT2D eigenvalue weighted by molar-refractivity contribution is 6.22. The predicted octanol–water partition coefficient (Wildman–Crippen LogP) is 3.97. The van der Waals surface area contributed by atoms with Crippen molar-refractivity contribution >= 4 is 17.7 Å². The molecule has 3 aromatic rings. The Bertz CT molecular complexity index is 1210. The lowest BCUT2D eigenvalue weighted by Crippen LogP contribution is -2.29. The zero-order chi connectivity index (χ0) is 24.6. The molecule has 1 N–H and O–H groups in total. The van der Waals surface area contributed by atoms with Crippen LogP contribution in [-0.2, 0) is 29.2 Å². The average molecular weight is 473 g/mol. The van der Waals surface area contributed by atoms with Crippen LogP contribution in [0.25, 0.3) is 0 Å². The number of benzene rings is 3. The van der Waals surface area contributed by atoms with Crippen LogP contribution in [0.3, 0.4) is 0 Å². The molecule has 0 spiro atoms. The number of imide groups is 1. The number of fused-ring (bicyclic) bond motifs is 1. The molecular formula is C28H28N2O5. The van der Waals surface area contributed by atoms with Crippen LogP contribution in [0.2, 0.25) is 0 Å². The van der Waals surface area contributed by atoms with Gasteiger partial charge in [-0.2, -0.15) is 0 Å². The van der Waals surface area contributed by atoms with Crippen molar-refractivity contribution in [1.82, 2.24) is 10.2 Å². The van der Waals surface area contributed by atoms with Crippen LogP contribution in [0.4, 0.5) is 0 Å². The minimum atomic E-state index is -0.388. The van der Waals surface area contributed by atoms with Crippen LogP contribution >= 0.6 is 0 Å². The number of ether oxygens (including phenoxy) is 2. The first-order valence-electron chi connectivity index (χ1n) is 11.6. The van der Waals surface area contributed by atoms with E-state index < -0.39 is 0 Å². The molecular weight excluding hydrogens is 444 g/mol. The smallest absolute Gasteiger partial charge is 0.261 e. The van der Waals surface area contributed by atoms with Gasteiger partial charge in [0.15, 0.2) is 0 Å². The minimum Gasteiger partial charge on any atom is -0.379 e. The second-order valence-electron chi connectivity index (χ2n) is 8.19. The van der Waals surface area contributed by atoms with Gasteiger partial charge < -0.3 is 14.8 Å². The highest BCUT2D eigenvalue weighted by atomic mass is 16.5. The molecule has 1 aliphatic heterocycles. The van der Waals surface area contributed by atoms with Crippen LogP contribution in [0, 0.1) is 0 Å². The van der Waals surface area contributed by atoms with Gasteiger partial charge in [-0.15, -0.1) is 0 Å². The second kappa shape index (κ2) is 11.6. The van der Waals surface area contributed by atoms with Crippen molar-refractivity contribution in [2.75, 3.05) is 19.8 Å². The maximum absolute atomic E-state index is 12.9. The van der Waals surface area contributed by atoms with Crippen molar-refractivity contribution in [2.45, 2.75) is 26.6 Å². The molecule has 35 heavy (non-hydrogen) atoms. The molecule has 180 valence electrons. The van der Waals surface area contributed by atoms with E-state index >= 15 is 0 Å². The summed E-state index contributed by atoms with van der Waals surface area (Å²) in [6, 6.07) is 21.8. The molecule has 0 radical (unpaired) electrons. The fourth-order valence-corrected chi connectivity index (χ4v) is 3.91. The van der Waals surface area contributed by atoms with E-state index in [0.29, 0.717) is 44.1 Å². The lowest BCUT2D eigenvalue weighted by molar-refractivity contribution is 0.0453. The average Bonchev–Trinajstić information content (AvgIpc) is 3.12. The standard InChI is InChI=1S/C28H28N2O5/c1-2-34-13-14-35-19-22-10-6-9-21(15-22)17-29-26(31)23-11-12-24-25(16-23)28(33)30(27(24)32)18-20-7-4-3-5-8-20/h3-12,15-16H,2,13-14,17-19H2,1H3,(H,29,31). The highest BCUT2D eigenvalue weighted by Gasteiger charge is 2.35. The summed E-state index contributed by atoms with van der Waals surface area (Å²) in [5, 5.41) is 2.89. The monoisotopic (exact) mass is 472 g/mol. The van der Waals surface area contributed by atoms with Crippen LogP contribution in [0.5, 0.6) is 0 Å². The molecule has 7 heteroatoms. The Morgan fingerprint density at radius 2 is 1.51 bits per heavy atom. The van der Waals surface area contributed by atoms with E-state index in [1.165, 1.54) is 11.0 Å². The number of carbonyl (C=O) groups excluding carboxylic acids is 3. The molecule has 0 atom stereocenters. The third-order valence-electron chi connectivity index (χ3n) is 5.71. The predicted molar refractivity (Wildman–Crippen MR) is 131 cm³/mol. The summed E-state index contributed by atoms with van der Waals surface area (Å²) in [6.45, 7) is 4.69. The molecule has 3 aromatic carbocycles. The fourth-order valence-electron chi connectivity index (χ4n) is 3.91. The summed E-state index contributed by atoms with van der Waals surface area (Å²) in [5.41, 5.74) is 3.71. The van der Waals surface area contributed by atoms with Gasteiger partial charge in [0, 0.05) is 18.7 Å². The number of amides is 3. The van der Waals surface area contributed by atoms with E-state index in [-0.39, 0.29) is 29.8 Å². The van der Waals surface area contributed by atoms with Gasteiger partial charge in [-0.3, -0.25) is 19.3 Å². The SMILES string of the molecule is CCOCCOCc1cccc(CNC(=O)c2ccc3c(c2)C(=O)N(Cc2ccccc2)C3=O)c1. The van der Waals surface area contributed by atoms with Gasteiger partial charge in [0.2, 0.25) is 0 Å². The zero-order valence-electron chi connectivity index (χ0n) is 19.7. The summed E-state index contributed by atoms with van der Waals surface area (Å²) >= 11 is 0. The van der Waals surface area contributed by atoms with Crippen LogP contribution in [-0.4, -0.2) is 42.4 Å². The third kappa shape index (κ3) is 6.01. The molecule has 4 rings (SSSR count). The Balaban J connectivity index is 1.36. The summed E-state index contributed by atoms with van der Waals surface area (Å²) in [6.07, 6.45) is 0. The maximum Gasteiger partial charge on any atom is 0.261 e. The first kappa shape index (κ1) is 24.3. The van der Waals surface area contributed by atoms with E-state index in [1.54, 1.807) is 12.1 Å². The summed E-state index contributed by atoms with van der Waals surface area (Å²) in [7, 11) is 0. The summed E-state index contributed by atoms with van der Waals surface area (Å²) < 4.78 is 10.9. The third-order valence-corrected chi connectivity index (χ3v) is 5.71. The van der Waals surface area contributed by atoms with Crippen molar-refractivity contribution in [3.05, 3.63) is 106 Å². The Labute approximate surface area is 204 Å². The van der Waals surface area contributed by atoms with E-state index in [2.05, 4.69) is 5.32 Å². The Kier molecular flexibility index (Phi) is 8.03. The number of rotatable bonds is 11. The van der Waals surface area contributed by atoms with Crippen LogP contribution in [0.1, 0.15) is 54.7 Å². The first-order chi connectivity index (χ1) is 17.1. The van der Waals surface area contributed by atoms with Gasteiger partial charge >= 0.3 is 0 Å². The molecule has 0 aromatic heterocycles. The van der Waals surface area contributed by atoms with Crippen molar-refractivity contribution < 1.29 is 23.9 Å². The Morgan fingerprint density at radius 1 is 0.800 bits per heavy atom. The van der Waals surface area contributed by atoms with Gasteiger partial charge in [-0.25, -0.2) is 0 Å². The number of carbonyl (C=O) groups is 3. The lowest BCUT2D eigenvalue weighted by atomic mass is 10.1. The molecule has 0 unspecified atom stereocenters. The number of nitrogens with zero attached hydrogens (tertiary/aromatic N) is 1. The fraction of sp³-hybridized carbons (Fsp3) is 0.250. The van der Waals surface area contributed by atoms with Crippen molar-refractivity contribution in [3.63, 3.8) is 0 Å². The molecule has 0 aliphatic carbocycles. The molecule has 0 saturated carbocycles. The van der Waals surface area contributed by atoms with Gasteiger partial charge in [0.25, 0.3) is 17.7 Å². The van der Waals surface area contributed by atoms with Gasteiger partial charge in [-0.05, 0) is 41.8 Å². The first-order valence-corrected chi connectivity index (χ1v) is 11.6. The van der Waals surface area contributed by atoms with E-state index in [1.807, 2.05) is 61.5 Å². The van der Waals surface area contributed by atoms with Gasteiger partial charge in [0.1, 0.15) is 0 Å². The number of hydrogen-bond donors (Lipinski definition) is 1. The maximum atomic E-state index is 12.9. The van der Waals surface area contributed by atoms with Crippen molar-refractivity contribution in [1.29, 1.82) is 0 Å². The number of hydrogen-bond acceptors (Lipinski definition) is 5. The van der Waals surface area contributed by atoms with Gasteiger partial charge in [-0.1, -0.05) is 54.6 Å². The van der Waals surface area contributed by atoms with Gasteiger partial charge in [0.05, 0.1) is 37.5 Å². The quantitative estimate of drug-likeness (QED) is 0.337. The molecule has 0 fully saturated rings. The van der Waals surface area contributed by atoms with Crippen molar-refractivity contribution in [3.8, 4) is 0 Å². The van der Waals surface area contributed by atoms with Crippen LogP contribution < -0.4 is 5.32 Å². The van der Waals surface area contributed by atoms with E-state index in [4.69, 9.17) is 9.47 Å². The minimum absolute atomic E-state index is 0.195. The summed E-state index contributed by atoms with van der Waals surface area (Å²) in [4.78, 5) is 39.6. The largest absolute Gasteiger partial charge is 0.379 e. The highest BCUT2D eigenvalue weighted by Crippen LogP contribution is 2.25. The molecule has 1 heterocycles. The van der Waals surface area contributed by atoms with Crippen LogP contribution in [0.15, 0.2) is 72.8 Å². The van der Waals surface area contributed by atoms with E-state index in [0.717, 1.165) is 16.7 Å². The van der Waals surface area contributed by atoms with E-state index in [9.17, 15) is 14.4 Å². The molecule has 3 amide bonds. The number of nitrogens with one attached hydrogen (secondary N) is 1. The van der Waals surface area contributed by atoms with Crippen molar-refractivity contribution in [2.24, 2.45) is 0 Å². The normalized spacial score (nSPS) is 12.7. The lowest BCUT2D eigenvalue weighted by Gasteiger charge is -2.13. The zero-order valence-corrected chi connectivity index (χ0v) is 19.7. The molecule has 7 nitrogen and oxygen atoms in total. The topological polar surface area (TPSA) is 84.9 Å².